The zero-order valence-electron chi connectivity index (χ0n) is 8.88. The number of thiazole rings is 1. The average molecular weight is 238 g/mol. The van der Waals surface area contributed by atoms with E-state index in [1.54, 1.807) is 25.7 Å². The Labute approximate surface area is 95.9 Å². The first-order valence-electron chi connectivity index (χ1n) is 4.60. The molecule has 0 aromatic carbocycles. The topological polar surface area (TPSA) is 72.1 Å². The first-order valence-corrected chi connectivity index (χ1v) is 5.48. The van der Waals surface area contributed by atoms with E-state index < -0.39 is 0 Å². The Kier molecular flexibility index (Phi) is 2.95. The molecule has 0 spiro atoms. The highest BCUT2D eigenvalue weighted by atomic mass is 32.1. The number of nitrogens with zero attached hydrogens (tertiary/aromatic N) is 4. The molecule has 2 aromatic rings. The Balaban J connectivity index is 2.03. The number of hydrogen-bond acceptors (Lipinski definition) is 6. The standard InChI is InChI=1S/C9H10N4O2S/c1-6-11-8(12-15-6)4-13(2)9(14)7-3-10-5-16-7/h3,5H,4H2,1-2H3. The van der Waals surface area contributed by atoms with Gasteiger partial charge in [0.25, 0.3) is 5.91 Å². The molecule has 2 heterocycles. The van der Waals surface area contributed by atoms with Crippen LogP contribution in [0.25, 0.3) is 0 Å². The van der Waals surface area contributed by atoms with Crippen LogP contribution >= 0.6 is 11.3 Å². The third-order valence-electron chi connectivity index (χ3n) is 1.94. The van der Waals surface area contributed by atoms with Gasteiger partial charge in [0.15, 0.2) is 5.82 Å². The molecule has 0 aliphatic rings. The second-order valence-electron chi connectivity index (χ2n) is 3.26. The Morgan fingerprint density at radius 3 is 3.00 bits per heavy atom. The fraction of sp³-hybridized carbons (Fsp3) is 0.333. The molecule has 1 amide bonds. The fourth-order valence-corrected chi connectivity index (χ4v) is 1.81. The zero-order chi connectivity index (χ0) is 11.5. The summed E-state index contributed by atoms with van der Waals surface area (Å²) in [6, 6.07) is 0. The molecule has 6 nitrogen and oxygen atoms in total. The largest absolute Gasteiger partial charge is 0.340 e. The van der Waals surface area contributed by atoms with Crippen molar-refractivity contribution in [3.05, 3.63) is 28.3 Å². The number of rotatable bonds is 3. The smallest absolute Gasteiger partial charge is 0.265 e. The zero-order valence-corrected chi connectivity index (χ0v) is 9.69. The molecule has 0 aliphatic heterocycles. The molecule has 0 atom stereocenters. The number of hydrogen-bond donors (Lipinski definition) is 0. The van der Waals surface area contributed by atoms with Crippen LogP contribution in [0, 0.1) is 6.92 Å². The maximum absolute atomic E-state index is 11.8. The highest BCUT2D eigenvalue weighted by Crippen LogP contribution is 2.10. The van der Waals surface area contributed by atoms with E-state index in [9.17, 15) is 4.79 Å². The van der Waals surface area contributed by atoms with E-state index in [0.717, 1.165) is 0 Å². The third kappa shape index (κ3) is 2.25. The van der Waals surface area contributed by atoms with Gasteiger partial charge in [-0.05, 0) is 0 Å². The van der Waals surface area contributed by atoms with Crippen LogP contribution in [-0.4, -0.2) is 33.0 Å². The average Bonchev–Trinajstić information content (AvgIpc) is 2.88. The summed E-state index contributed by atoms with van der Waals surface area (Å²) in [5, 5.41) is 3.73. The van der Waals surface area contributed by atoms with E-state index in [0.29, 0.717) is 23.1 Å². The van der Waals surface area contributed by atoms with Crippen LogP contribution in [0.4, 0.5) is 0 Å². The van der Waals surface area contributed by atoms with Gasteiger partial charge in [-0.25, -0.2) is 0 Å². The van der Waals surface area contributed by atoms with Gasteiger partial charge in [0.1, 0.15) is 4.88 Å². The van der Waals surface area contributed by atoms with Gasteiger partial charge in [0, 0.05) is 14.0 Å². The van der Waals surface area contributed by atoms with Crippen LogP contribution in [0.3, 0.4) is 0 Å². The Morgan fingerprint density at radius 2 is 2.44 bits per heavy atom. The molecule has 0 saturated heterocycles. The molecule has 0 bridgehead atoms. The summed E-state index contributed by atoms with van der Waals surface area (Å²) in [7, 11) is 1.69. The van der Waals surface area contributed by atoms with Crippen LogP contribution in [0.15, 0.2) is 16.2 Å². The van der Waals surface area contributed by atoms with Crippen molar-refractivity contribution in [2.45, 2.75) is 13.5 Å². The highest BCUT2D eigenvalue weighted by Gasteiger charge is 2.15. The van der Waals surface area contributed by atoms with Crippen LogP contribution in [-0.2, 0) is 6.54 Å². The second-order valence-corrected chi connectivity index (χ2v) is 4.14. The number of amides is 1. The summed E-state index contributed by atoms with van der Waals surface area (Å²) in [4.78, 5) is 21.8. The van der Waals surface area contributed by atoms with E-state index in [2.05, 4.69) is 15.1 Å². The van der Waals surface area contributed by atoms with Gasteiger partial charge in [-0.2, -0.15) is 4.98 Å². The summed E-state index contributed by atoms with van der Waals surface area (Å²) in [5.41, 5.74) is 1.62. The van der Waals surface area contributed by atoms with E-state index in [1.807, 2.05) is 0 Å². The lowest BCUT2D eigenvalue weighted by molar-refractivity contribution is 0.0785. The van der Waals surface area contributed by atoms with Crippen molar-refractivity contribution in [3.63, 3.8) is 0 Å². The monoisotopic (exact) mass is 238 g/mol. The summed E-state index contributed by atoms with van der Waals surface area (Å²) < 4.78 is 4.83. The third-order valence-corrected chi connectivity index (χ3v) is 2.70. The van der Waals surface area contributed by atoms with E-state index >= 15 is 0 Å². The van der Waals surface area contributed by atoms with Crippen molar-refractivity contribution in [3.8, 4) is 0 Å². The van der Waals surface area contributed by atoms with Gasteiger partial charge in [0.05, 0.1) is 18.3 Å². The lowest BCUT2D eigenvalue weighted by Crippen LogP contribution is -2.25. The number of carbonyl (C=O) groups excluding carboxylic acids is 1. The predicted molar refractivity (Wildman–Crippen MR) is 56.9 cm³/mol. The molecular weight excluding hydrogens is 228 g/mol. The Hall–Kier alpha value is -1.76. The van der Waals surface area contributed by atoms with Crippen LogP contribution in [0.2, 0.25) is 0 Å². The molecular formula is C9H10N4O2S. The number of aromatic nitrogens is 3. The maximum atomic E-state index is 11.8. The quantitative estimate of drug-likeness (QED) is 0.800. The summed E-state index contributed by atoms with van der Waals surface area (Å²) in [6.07, 6.45) is 1.55. The Morgan fingerprint density at radius 1 is 1.62 bits per heavy atom. The molecule has 2 aromatic heterocycles. The Bertz CT molecular complexity index is 479. The molecule has 0 saturated carbocycles. The maximum Gasteiger partial charge on any atom is 0.265 e. The normalized spacial score (nSPS) is 10.4. The molecule has 16 heavy (non-hydrogen) atoms. The molecule has 84 valence electrons. The highest BCUT2D eigenvalue weighted by molar-refractivity contribution is 7.11. The first-order chi connectivity index (χ1) is 7.66. The van der Waals surface area contributed by atoms with Gasteiger partial charge >= 0.3 is 0 Å². The van der Waals surface area contributed by atoms with Crippen molar-refractivity contribution >= 4 is 17.2 Å². The first kappa shape index (κ1) is 10.7. The van der Waals surface area contributed by atoms with Crippen molar-refractivity contribution in [2.75, 3.05) is 7.05 Å². The molecule has 0 fully saturated rings. The summed E-state index contributed by atoms with van der Waals surface area (Å²) in [5.74, 6) is 0.899. The molecule has 0 aliphatic carbocycles. The summed E-state index contributed by atoms with van der Waals surface area (Å²) >= 11 is 1.31. The van der Waals surface area contributed by atoms with E-state index in [4.69, 9.17) is 4.52 Å². The van der Waals surface area contributed by atoms with Gasteiger partial charge in [-0.3, -0.25) is 9.78 Å². The van der Waals surface area contributed by atoms with Gasteiger partial charge in [-0.15, -0.1) is 11.3 Å². The second kappa shape index (κ2) is 4.40. The van der Waals surface area contributed by atoms with Gasteiger partial charge < -0.3 is 9.42 Å². The number of aryl methyl sites for hydroxylation is 1. The van der Waals surface area contributed by atoms with Crippen molar-refractivity contribution in [1.82, 2.24) is 20.0 Å². The minimum atomic E-state index is -0.0926. The van der Waals surface area contributed by atoms with E-state index in [-0.39, 0.29) is 5.91 Å². The van der Waals surface area contributed by atoms with E-state index in [1.165, 1.54) is 16.2 Å². The molecule has 7 heteroatoms. The molecule has 0 radical (unpaired) electrons. The van der Waals surface area contributed by atoms with Crippen LogP contribution in [0.1, 0.15) is 21.4 Å². The minimum absolute atomic E-state index is 0.0926. The fourth-order valence-electron chi connectivity index (χ4n) is 1.20. The van der Waals surface area contributed by atoms with Gasteiger partial charge in [-0.1, -0.05) is 5.16 Å². The van der Waals surface area contributed by atoms with Crippen LogP contribution < -0.4 is 0 Å². The molecule has 0 unspecified atom stereocenters. The minimum Gasteiger partial charge on any atom is -0.340 e. The van der Waals surface area contributed by atoms with Gasteiger partial charge in [0.2, 0.25) is 5.89 Å². The lowest BCUT2D eigenvalue weighted by Gasteiger charge is -2.12. The van der Waals surface area contributed by atoms with Crippen molar-refractivity contribution < 1.29 is 9.32 Å². The van der Waals surface area contributed by atoms with Crippen LogP contribution in [0.5, 0.6) is 0 Å². The molecule has 2 rings (SSSR count). The van der Waals surface area contributed by atoms with Crippen molar-refractivity contribution in [1.29, 1.82) is 0 Å². The predicted octanol–water partition coefficient (Wildman–Crippen LogP) is 1.11. The summed E-state index contributed by atoms with van der Waals surface area (Å²) in [6.45, 7) is 2.04. The lowest BCUT2D eigenvalue weighted by atomic mass is 10.4. The van der Waals surface area contributed by atoms with Crippen molar-refractivity contribution in [2.24, 2.45) is 0 Å². The molecule has 0 N–H and O–H groups in total. The SMILES string of the molecule is Cc1nc(CN(C)C(=O)c2cncs2)no1. The number of carbonyl (C=O) groups is 1.